The van der Waals surface area contributed by atoms with Gasteiger partial charge in [-0.15, -0.1) is 6.42 Å². The minimum absolute atomic E-state index is 0.00989. The maximum atomic E-state index is 11.7. The summed E-state index contributed by atoms with van der Waals surface area (Å²) in [5, 5.41) is 8.80. The standard InChI is InChI=1S/C15H16N2O4/c1-3-7-17(8-6-15(19)20)11-4-5-13-12(9-11)16(2)14(18)10-21-13/h1,4-5,9H,6-8,10H2,2H3,(H,19,20). The number of rotatable bonds is 5. The van der Waals surface area contributed by atoms with Gasteiger partial charge in [-0.1, -0.05) is 5.92 Å². The number of likely N-dealkylation sites (N-methyl/N-ethyl adjacent to an activating group) is 1. The summed E-state index contributed by atoms with van der Waals surface area (Å²) in [6, 6.07) is 5.35. The van der Waals surface area contributed by atoms with Crippen LogP contribution in [0.4, 0.5) is 11.4 Å². The van der Waals surface area contributed by atoms with Crippen molar-refractivity contribution in [2.75, 3.05) is 36.5 Å². The van der Waals surface area contributed by atoms with Crippen LogP contribution in [0.25, 0.3) is 0 Å². The quantitative estimate of drug-likeness (QED) is 0.817. The van der Waals surface area contributed by atoms with Crippen molar-refractivity contribution in [3.63, 3.8) is 0 Å². The van der Waals surface area contributed by atoms with E-state index in [2.05, 4.69) is 5.92 Å². The van der Waals surface area contributed by atoms with Gasteiger partial charge < -0.3 is 19.6 Å². The Morgan fingerprint density at radius 1 is 1.57 bits per heavy atom. The van der Waals surface area contributed by atoms with Gasteiger partial charge in [-0.3, -0.25) is 9.59 Å². The summed E-state index contributed by atoms with van der Waals surface area (Å²) in [7, 11) is 1.68. The van der Waals surface area contributed by atoms with Crippen LogP contribution >= 0.6 is 0 Å². The molecule has 0 aromatic heterocycles. The molecule has 1 aliphatic heterocycles. The topological polar surface area (TPSA) is 70.1 Å². The Morgan fingerprint density at radius 2 is 2.33 bits per heavy atom. The first-order chi connectivity index (χ1) is 10.0. The number of amides is 1. The van der Waals surface area contributed by atoms with E-state index in [-0.39, 0.29) is 18.9 Å². The number of carboxylic acids is 1. The van der Waals surface area contributed by atoms with E-state index in [1.54, 1.807) is 24.1 Å². The number of aliphatic carboxylic acids is 1. The smallest absolute Gasteiger partial charge is 0.305 e. The van der Waals surface area contributed by atoms with E-state index in [9.17, 15) is 9.59 Å². The predicted molar refractivity (Wildman–Crippen MR) is 78.6 cm³/mol. The van der Waals surface area contributed by atoms with E-state index >= 15 is 0 Å². The van der Waals surface area contributed by atoms with Crippen molar-refractivity contribution in [3.05, 3.63) is 18.2 Å². The Kier molecular flexibility index (Phi) is 4.33. The van der Waals surface area contributed by atoms with Gasteiger partial charge in [0.05, 0.1) is 18.7 Å². The zero-order chi connectivity index (χ0) is 15.4. The van der Waals surface area contributed by atoms with E-state index in [1.807, 2.05) is 6.07 Å². The molecule has 0 fully saturated rings. The van der Waals surface area contributed by atoms with Crippen molar-refractivity contribution < 1.29 is 19.4 Å². The van der Waals surface area contributed by atoms with Crippen LogP contribution in [0.5, 0.6) is 5.75 Å². The number of hydrogen-bond donors (Lipinski definition) is 1. The predicted octanol–water partition coefficient (Wildman–Crippen LogP) is 0.956. The molecule has 110 valence electrons. The van der Waals surface area contributed by atoms with Crippen molar-refractivity contribution in [1.82, 2.24) is 0 Å². The first kappa shape index (κ1) is 14.7. The number of nitrogens with zero attached hydrogens (tertiary/aromatic N) is 2. The molecule has 0 bridgehead atoms. The number of fused-ring (bicyclic) bond motifs is 1. The van der Waals surface area contributed by atoms with Crippen molar-refractivity contribution in [2.24, 2.45) is 0 Å². The number of ether oxygens (including phenoxy) is 1. The molecule has 0 unspecified atom stereocenters. The number of terminal acetylenes is 1. The molecule has 1 aromatic carbocycles. The zero-order valence-corrected chi connectivity index (χ0v) is 11.7. The number of hydrogen-bond acceptors (Lipinski definition) is 4. The molecule has 1 N–H and O–H groups in total. The number of carboxylic acid groups (broad SMARTS) is 1. The van der Waals surface area contributed by atoms with E-state index in [0.717, 1.165) is 5.69 Å². The fourth-order valence-corrected chi connectivity index (χ4v) is 2.10. The Balaban J connectivity index is 2.28. The lowest BCUT2D eigenvalue weighted by molar-refractivity contribution is -0.136. The third-order valence-corrected chi connectivity index (χ3v) is 3.27. The monoisotopic (exact) mass is 288 g/mol. The Morgan fingerprint density at radius 3 is 3.00 bits per heavy atom. The summed E-state index contributed by atoms with van der Waals surface area (Å²) < 4.78 is 5.35. The molecular formula is C15H16N2O4. The molecule has 1 amide bonds. The molecule has 0 aliphatic carbocycles. The van der Waals surface area contributed by atoms with E-state index in [4.69, 9.17) is 16.3 Å². The van der Waals surface area contributed by atoms with Crippen LogP contribution in [-0.2, 0) is 9.59 Å². The second-order valence-corrected chi connectivity index (χ2v) is 4.66. The lowest BCUT2D eigenvalue weighted by atomic mass is 10.2. The van der Waals surface area contributed by atoms with Gasteiger partial charge >= 0.3 is 5.97 Å². The molecule has 0 saturated heterocycles. The summed E-state index contributed by atoms with van der Waals surface area (Å²) in [5.41, 5.74) is 1.42. The van der Waals surface area contributed by atoms with Gasteiger partial charge in [0, 0.05) is 19.3 Å². The maximum absolute atomic E-state index is 11.7. The maximum Gasteiger partial charge on any atom is 0.305 e. The first-order valence-electron chi connectivity index (χ1n) is 6.46. The summed E-state index contributed by atoms with van der Waals surface area (Å²) >= 11 is 0. The lowest BCUT2D eigenvalue weighted by Crippen LogP contribution is -2.35. The highest BCUT2D eigenvalue weighted by molar-refractivity contribution is 5.97. The second kappa shape index (κ2) is 6.18. The average molecular weight is 288 g/mol. The molecule has 2 rings (SSSR count). The first-order valence-corrected chi connectivity index (χ1v) is 6.46. The molecule has 6 nitrogen and oxygen atoms in total. The van der Waals surface area contributed by atoms with Gasteiger partial charge in [0.1, 0.15) is 5.75 Å². The molecule has 0 saturated carbocycles. The van der Waals surface area contributed by atoms with Crippen molar-refractivity contribution >= 4 is 23.3 Å². The van der Waals surface area contributed by atoms with Crippen LogP contribution in [-0.4, -0.2) is 43.7 Å². The fraction of sp³-hybridized carbons (Fsp3) is 0.333. The largest absolute Gasteiger partial charge is 0.482 e. The van der Waals surface area contributed by atoms with Gasteiger partial charge in [0.25, 0.3) is 5.91 Å². The van der Waals surface area contributed by atoms with Crippen LogP contribution in [0.2, 0.25) is 0 Å². The van der Waals surface area contributed by atoms with Gasteiger partial charge in [0.2, 0.25) is 0 Å². The normalized spacial score (nSPS) is 13.1. The zero-order valence-electron chi connectivity index (χ0n) is 11.7. The minimum atomic E-state index is -0.884. The van der Waals surface area contributed by atoms with Gasteiger partial charge in [-0.05, 0) is 18.2 Å². The Labute approximate surface area is 122 Å². The van der Waals surface area contributed by atoms with E-state index in [1.165, 1.54) is 4.90 Å². The van der Waals surface area contributed by atoms with Gasteiger partial charge in [-0.25, -0.2) is 0 Å². The molecule has 6 heteroatoms. The average Bonchev–Trinajstić information content (AvgIpc) is 2.47. The van der Waals surface area contributed by atoms with E-state index < -0.39 is 5.97 Å². The Bertz CT molecular complexity index is 606. The van der Waals surface area contributed by atoms with Crippen molar-refractivity contribution in [3.8, 4) is 18.1 Å². The van der Waals surface area contributed by atoms with Crippen LogP contribution < -0.4 is 14.5 Å². The van der Waals surface area contributed by atoms with Crippen molar-refractivity contribution in [1.29, 1.82) is 0 Å². The highest BCUT2D eigenvalue weighted by Crippen LogP contribution is 2.34. The summed E-state index contributed by atoms with van der Waals surface area (Å²) in [6.45, 7) is 0.622. The summed E-state index contributed by atoms with van der Waals surface area (Å²) in [6.07, 6.45) is 5.32. The molecule has 1 heterocycles. The van der Waals surface area contributed by atoms with Crippen molar-refractivity contribution in [2.45, 2.75) is 6.42 Å². The molecular weight excluding hydrogens is 272 g/mol. The minimum Gasteiger partial charge on any atom is -0.482 e. The number of benzene rings is 1. The number of anilines is 2. The lowest BCUT2D eigenvalue weighted by Gasteiger charge is -2.29. The van der Waals surface area contributed by atoms with Crippen LogP contribution in [0.15, 0.2) is 18.2 Å². The highest BCUT2D eigenvalue weighted by Gasteiger charge is 2.23. The third-order valence-electron chi connectivity index (χ3n) is 3.27. The molecule has 1 aliphatic rings. The van der Waals surface area contributed by atoms with Gasteiger partial charge in [0.15, 0.2) is 6.61 Å². The molecule has 21 heavy (non-hydrogen) atoms. The van der Waals surface area contributed by atoms with Gasteiger partial charge in [-0.2, -0.15) is 0 Å². The number of carbonyl (C=O) groups is 2. The fourth-order valence-electron chi connectivity index (χ4n) is 2.10. The van der Waals surface area contributed by atoms with Crippen LogP contribution in [0.1, 0.15) is 6.42 Å². The molecule has 0 spiro atoms. The second-order valence-electron chi connectivity index (χ2n) is 4.66. The summed E-state index contributed by atoms with van der Waals surface area (Å²) in [4.78, 5) is 25.7. The molecule has 1 aromatic rings. The number of carbonyl (C=O) groups excluding carboxylic acids is 1. The summed E-state index contributed by atoms with van der Waals surface area (Å²) in [5.74, 6) is 2.12. The van der Waals surface area contributed by atoms with Crippen LogP contribution in [0, 0.1) is 12.3 Å². The third kappa shape index (κ3) is 3.26. The van der Waals surface area contributed by atoms with E-state index in [0.29, 0.717) is 24.5 Å². The van der Waals surface area contributed by atoms with Crippen LogP contribution in [0.3, 0.4) is 0 Å². The highest BCUT2D eigenvalue weighted by atomic mass is 16.5. The molecule has 0 atom stereocenters. The Hall–Kier alpha value is -2.68. The SMILES string of the molecule is C#CCN(CCC(=O)O)c1ccc2c(c1)N(C)C(=O)CO2. The molecule has 0 radical (unpaired) electrons.